The molecule has 3 aromatic rings. The molecule has 55 heavy (non-hydrogen) atoms. The van der Waals surface area contributed by atoms with Crippen molar-refractivity contribution in [2.75, 3.05) is 7.05 Å². The van der Waals surface area contributed by atoms with E-state index >= 15 is 0 Å². The van der Waals surface area contributed by atoms with Crippen LogP contribution in [0.15, 0.2) is 130 Å². The highest BCUT2D eigenvalue weighted by atomic mass is 32.1. The van der Waals surface area contributed by atoms with E-state index in [0.29, 0.717) is 5.92 Å². The lowest BCUT2D eigenvalue weighted by Crippen LogP contribution is -2.28. The van der Waals surface area contributed by atoms with Gasteiger partial charge in [-0.25, -0.2) is 0 Å². The van der Waals surface area contributed by atoms with E-state index in [1.54, 1.807) is 0 Å². The molecule has 7 heteroatoms. The minimum absolute atomic E-state index is 0. The van der Waals surface area contributed by atoms with E-state index in [-0.39, 0.29) is 19.0 Å². The summed E-state index contributed by atoms with van der Waals surface area (Å²) in [5.41, 5.74) is 13.0. The maximum atomic E-state index is 4.59. The average Bonchev–Trinajstić information content (AvgIpc) is 4.12. The summed E-state index contributed by atoms with van der Waals surface area (Å²) in [6.45, 7) is 16.0. The standard InChI is InChI=1S/C15H13N.C13H10N2.C11H10N2.4C2H6.CH5N.H2S/c1-2-6-12-9-10-13-7-4-5-11-16-15(13)14(12)8-3-1;1-3-10-5-6-11-4-2-8-15-13(11)12(9-10)14-7-1;1-2-6-12-10(5-1)11-8-9(11)4-3-7-13-11;5*1-2;/h1-4,6-7,9-11H,5,8H2;1-8H,9H2;1-7,9H,8H2;4*1-2H3;2H2,1H3;1H2. The van der Waals surface area contributed by atoms with Crippen LogP contribution >= 0.6 is 13.5 Å². The molecule has 3 aliphatic heterocycles. The number of allylic oxidation sites excluding steroid dienone is 8. The van der Waals surface area contributed by atoms with Crippen LogP contribution in [0.1, 0.15) is 97.0 Å². The summed E-state index contributed by atoms with van der Waals surface area (Å²) in [6.07, 6.45) is 38.7. The summed E-state index contributed by atoms with van der Waals surface area (Å²) in [5.74, 6) is 0.590. The summed E-state index contributed by atoms with van der Waals surface area (Å²) in [4.78, 5) is 22.3. The van der Waals surface area contributed by atoms with E-state index in [2.05, 4.69) is 116 Å². The van der Waals surface area contributed by atoms with E-state index in [0.717, 1.165) is 53.3 Å². The number of benzene rings is 1. The summed E-state index contributed by atoms with van der Waals surface area (Å²) in [7, 11) is 1.50. The first-order valence-electron chi connectivity index (χ1n) is 19.8. The number of rotatable bonds is 1. The number of aromatic nitrogens is 2. The molecule has 2 unspecified atom stereocenters. The van der Waals surface area contributed by atoms with Crippen molar-refractivity contribution in [1.82, 2.24) is 9.97 Å². The van der Waals surface area contributed by atoms with Crippen molar-refractivity contribution in [3.8, 4) is 0 Å². The summed E-state index contributed by atoms with van der Waals surface area (Å²) in [5, 5.41) is 2.15. The molecule has 0 saturated heterocycles. The van der Waals surface area contributed by atoms with Crippen LogP contribution in [0.25, 0.3) is 23.9 Å². The van der Waals surface area contributed by atoms with Gasteiger partial charge in [0.1, 0.15) is 5.54 Å². The number of pyridine rings is 2. The van der Waals surface area contributed by atoms with E-state index in [4.69, 9.17) is 0 Å². The van der Waals surface area contributed by atoms with E-state index in [9.17, 15) is 0 Å². The zero-order valence-corrected chi connectivity index (χ0v) is 35.6. The molecule has 0 radical (unpaired) electrons. The molecule has 1 saturated carbocycles. The predicted octanol–water partition coefficient (Wildman–Crippen LogP) is 10.6. The first kappa shape index (κ1) is 48.0. The fourth-order valence-corrected chi connectivity index (χ4v) is 5.99. The largest absolute Gasteiger partial charge is 0.333 e. The molecule has 0 amide bonds. The molecule has 0 spiro atoms. The molecule has 2 atom stereocenters. The Labute approximate surface area is 338 Å². The van der Waals surface area contributed by atoms with Gasteiger partial charge in [0.25, 0.3) is 0 Å². The van der Waals surface area contributed by atoms with Crippen molar-refractivity contribution in [3.63, 3.8) is 0 Å². The van der Waals surface area contributed by atoms with Crippen LogP contribution in [0.2, 0.25) is 0 Å². The predicted molar refractivity (Wildman–Crippen MR) is 249 cm³/mol. The number of nitrogens with zero attached hydrogens (tertiary/aromatic N) is 5. The highest BCUT2D eigenvalue weighted by molar-refractivity contribution is 7.59. The molecule has 3 aliphatic carbocycles. The number of hydrogen-bond acceptors (Lipinski definition) is 6. The second-order valence-electron chi connectivity index (χ2n) is 11.2. The van der Waals surface area contributed by atoms with Gasteiger partial charge in [-0.05, 0) is 66.9 Å². The molecule has 292 valence electrons. The van der Waals surface area contributed by atoms with Crippen LogP contribution < -0.4 is 16.3 Å². The number of dihydropyridines is 1. The third kappa shape index (κ3) is 13.4. The number of aliphatic imine (C=N–C) groups is 3. The maximum Gasteiger partial charge on any atom is 0.109 e. The topological polar surface area (TPSA) is 88.9 Å². The van der Waals surface area contributed by atoms with Gasteiger partial charge in [0, 0.05) is 60.6 Å². The summed E-state index contributed by atoms with van der Waals surface area (Å²) < 4.78 is 0. The zero-order chi connectivity index (χ0) is 39.6. The van der Waals surface area contributed by atoms with Gasteiger partial charge in [-0.1, -0.05) is 140 Å². The zero-order valence-electron chi connectivity index (χ0n) is 34.6. The summed E-state index contributed by atoms with van der Waals surface area (Å²) >= 11 is 0. The second kappa shape index (κ2) is 27.6. The Bertz CT molecular complexity index is 1980. The third-order valence-corrected chi connectivity index (χ3v) is 8.37. The fourth-order valence-electron chi connectivity index (χ4n) is 5.99. The highest BCUT2D eigenvalue weighted by Crippen LogP contribution is 2.56. The van der Waals surface area contributed by atoms with Crippen molar-refractivity contribution in [2.45, 2.75) is 86.6 Å². The van der Waals surface area contributed by atoms with Gasteiger partial charge >= 0.3 is 0 Å². The van der Waals surface area contributed by atoms with E-state index in [1.807, 2.05) is 117 Å². The lowest BCUT2D eigenvalue weighted by molar-refractivity contribution is 0.669. The molecule has 2 bridgehead atoms. The Hall–Kier alpha value is -4.98. The minimum Gasteiger partial charge on any atom is -0.333 e. The Balaban J connectivity index is 0.000000368. The highest BCUT2D eigenvalue weighted by Gasteiger charge is 2.55. The van der Waals surface area contributed by atoms with E-state index < -0.39 is 0 Å². The first-order chi connectivity index (χ1) is 26.8. The second-order valence-corrected chi connectivity index (χ2v) is 11.2. The van der Waals surface area contributed by atoms with Gasteiger partial charge < -0.3 is 5.73 Å². The molecule has 1 aromatic carbocycles. The van der Waals surface area contributed by atoms with Gasteiger partial charge in [-0.2, -0.15) is 13.5 Å². The minimum atomic E-state index is 0. The van der Waals surface area contributed by atoms with Crippen LogP contribution in [-0.4, -0.2) is 35.7 Å². The monoisotopic (exact) mass is 756 g/mol. The Morgan fingerprint density at radius 2 is 1.45 bits per heavy atom. The quantitative estimate of drug-likeness (QED) is 0.268. The molecular formula is C48H64N6S. The molecule has 6 aliphatic rings. The van der Waals surface area contributed by atoms with Crippen molar-refractivity contribution in [3.05, 3.63) is 148 Å². The van der Waals surface area contributed by atoms with Crippen LogP contribution in [0, 0.1) is 5.92 Å². The lowest BCUT2D eigenvalue weighted by atomic mass is 9.98. The molecule has 1 fully saturated rings. The normalized spacial score (nSPS) is 18.2. The van der Waals surface area contributed by atoms with Crippen molar-refractivity contribution < 1.29 is 0 Å². The Morgan fingerprint density at radius 3 is 2.20 bits per heavy atom. The van der Waals surface area contributed by atoms with Gasteiger partial charge in [-0.3, -0.25) is 24.9 Å². The van der Waals surface area contributed by atoms with E-state index in [1.165, 1.54) is 29.3 Å². The Morgan fingerprint density at radius 1 is 0.691 bits per heavy atom. The smallest absolute Gasteiger partial charge is 0.109 e. The molecule has 9 rings (SSSR count). The summed E-state index contributed by atoms with van der Waals surface area (Å²) in [6, 6.07) is 14.4. The van der Waals surface area contributed by atoms with Crippen molar-refractivity contribution >= 4 is 61.8 Å². The van der Waals surface area contributed by atoms with Crippen molar-refractivity contribution in [1.29, 1.82) is 0 Å². The number of hydrogen-bond donors (Lipinski definition) is 1. The molecular weight excluding hydrogens is 693 g/mol. The van der Waals surface area contributed by atoms with Gasteiger partial charge in [0.05, 0.1) is 22.4 Å². The molecule has 5 heterocycles. The number of nitrogens with two attached hydrogens (primary N) is 1. The van der Waals surface area contributed by atoms with Crippen LogP contribution in [0.3, 0.4) is 0 Å². The van der Waals surface area contributed by atoms with Crippen LogP contribution in [0.4, 0.5) is 5.69 Å². The van der Waals surface area contributed by atoms with Crippen LogP contribution in [-0.2, 0) is 12.0 Å². The third-order valence-electron chi connectivity index (χ3n) is 8.37. The maximum absolute atomic E-state index is 4.59. The van der Waals surface area contributed by atoms with Crippen LogP contribution in [0.5, 0.6) is 0 Å². The van der Waals surface area contributed by atoms with Gasteiger partial charge in [0.15, 0.2) is 0 Å². The lowest BCUT2D eigenvalue weighted by Gasteiger charge is -2.11. The number of fused-ring (bicyclic) bond motifs is 7. The molecule has 2 N–H and O–H groups in total. The van der Waals surface area contributed by atoms with Crippen molar-refractivity contribution in [2.24, 2.45) is 26.6 Å². The van der Waals surface area contributed by atoms with Gasteiger partial charge in [0.2, 0.25) is 0 Å². The van der Waals surface area contributed by atoms with Gasteiger partial charge in [-0.15, -0.1) is 0 Å². The fraction of sp³-hybridized carbons (Fsp3) is 0.312. The Kier molecular flexibility index (Phi) is 24.1. The SMILES string of the molecule is C1=CC2=CC=c3cccnc3=C(C2)N=C1.C1=CC2CC2(c2ccccn2)N=C1.C1=CCc2c(ccc3c2N=CCC=C3)C=C1.CC.CC.CC.CC.CN.S. The first-order valence-corrected chi connectivity index (χ1v) is 19.8. The molecule has 2 aromatic heterocycles. The molecule has 6 nitrogen and oxygen atoms in total. The average molecular weight is 757 g/mol.